The normalized spacial score (nSPS) is 20.1. The molecule has 0 aromatic carbocycles. The van der Waals surface area contributed by atoms with Crippen molar-refractivity contribution in [3.8, 4) is 0 Å². The standard InChI is InChI=1S/C33H38N4O4/c1-8-11-23-18(5)26(15-28-21(9-2)20(7)32(40)37-28)35-29(23)16-30-24(12-13-31(38)39)19(6)25(34-30)14-27-17(4)22(10-3)33(41)36-27/h9-10,14-16,20,34-35H,3,8,11-13H2,1-2,4-7H3,(H,37,40)(H,38,39)/b21-9+,25-14?,28-15-,30-16?. The van der Waals surface area contributed by atoms with Gasteiger partial charge >= 0.3 is 5.97 Å². The van der Waals surface area contributed by atoms with E-state index in [-0.39, 0.29) is 24.2 Å². The molecule has 8 heteroatoms. The van der Waals surface area contributed by atoms with E-state index >= 15 is 0 Å². The Kier molecular flexibility index (Phi) is 8.61. The van der Waals surface area contributed by atoms with Crippen LogP contribution in [0.5, 0.6) is 0 Å². The summed E-state index contributed by atoms with van der Waals surface area (Å²) in [4.78, 5) is 47.3. The van der Waals surface area contributed by atoms with Crippen LogP contribution in [0.2, 0.25) is 0 Å². The van der Waals surface area contributed by atoms with Crippen LogP contribution < -0.4 is 16.0 Å². The summed E-state index contributed by atoms with van der Waals surface area (Å²) < 4.78 is 0. The fourth-order valence-electron chi connectivity index (χ4n) is 5.59. The number of carboxylic acid groups (broad SMARTS) is 1. The van der Waals surface area contributed by atoms with Crippen molar-refractivity contribution in [1.29, 1.82) is 0 Å². The SMILES string of the molecule is C=CC1=C(C)C(C=c2[nH]c(=Cc3[nH]c(/C=C4\NC(=O)C(C)\C4=C/C)c(C)c3CCC)c(CCC(=O)O)c2C)=NC1=O. The summed E-state index contributed by atoms with van der Waals surface area (Å²) >= 11 is 0. The van der Waals surface area contributed by atoms with Crippen LogP contribution in [-0.2, 0) is 27.2 Å². The van der Waals surface area contributed by atoms with E-state index in [9.17, 15) is 19.5 Å². The van der Waals surface area contributed by atoms with Crippen LogP contribution in [0.15, 0.2) is 46.1 Å². The fraction of sp³-hybridized carbons (Fsp3) is 0.333. The van der Waals surface area contributed by atoms with Crippen molar-refractivity contribution in [2.45, 2.75) is 67.2 Å². The Labute approximate surface area is 240 Å². The first-order chi connectivity index (χ1) is 19.5. The van der Waals surface area contributed by atoms with Gasteiger partial charge in [0.05, 0.1) is 11.6 Å². The molecule has 1 atom stereocenters. The maximum atomic E-state index is 12.3. The Morgan fingerprint density at radius 3 is 2.34 bits per heavy atom. The molecule has 0 radical (unpaired) electrons. The Balaban J connectivity index is 1.89. The minimum atomic E-state index is -0.869. The van der Waals surface area contributed by atoms with Gasteiger partial charge in [0.1, 0.15) is 0 Å². The molecule has 4 heterocycles. The molecule has 1 fully saturated rings. The van der Waals surface area contributed by atoms with Crippen molar-refractivity contribution in [2.75, 3.05) is 0 Å². The fourth-order valence-corrected chi connectivity index (χ4v) is 5.59. The quantitative estimate of drug-likeness (QED) is 0.373. The van der Waals surface area contributed by atoms with Crippen LogP contribution in [0.4, 0.5) is 0 Å². The van der Waals surface area contributed by atoms with Gasteiger partial charge in [-0.25, -0.2) is 4.99 Å². The number of aliphatic carboxylic acids is 1. The smallest absolute Gasteiger partial charge is 0.303 e. The second-order valence-electron chi connectivity index (χ2n) is 10.6. The number of hydrogen-bond donors (Lipinski definition) is 4. The van der Waals surface area contributed by atoms with Gasteiger partial charge in [0.25, 0.3) is 5.91 Å². The van der Waals surface area contributed by atoms with Crippen molar-refractivity contribution >= 4 is 41.7 Å². The summed E-state index contributed by atoms with van der Waals surface area (Å²) in [5.41, 5.74) is 9.51. The Bertz CT molecular complexity index is 1710. The number of carbonyl (C=O) groups is 3. The highest BCUT2D eigenvalue weighted by Crippen LogP contribution is 2.29. The summed E-state index contributed by atoms with van der Waals surface area (Å²) in [5, 5.41) is 14.0. The third-order valence-corrected chi connectivity index (χ3v) is 8.03. The van der Waals surface area contributed by atoms with Crippen molar-refractivity contribution < 1.29 is 19.5 Å². The summed E-state index contributed by atoms with van der Waals surface area (Å²) in [6, 6.07) is 0. The predicted molar refractivity (Wildman–Crippen MR) is 163 cm³/mol. The molecule has 1 saturated heterocycles. The lowest BCUT2D eigenvalue weighted by Crippen LogP contribution is -2.16. The van der Waals surface area contributed by atoms with E-state index in [0.29, 0.717) is 17.7 Å². The number of allylic oxidation sites excluding steroid dienone is 3. The molecule has 2 aliphatic rings. The third kappa shape index (κ3) is 5.73. The zero-order valence-corrected chi connectivity index (χ0v) is 24.6. The van der Waals surface area contributed by atoms with Crippen LogP contribution in [0.3, 0.4) is 0 Å². The molecule has 0 bridgehead atoms. The Hall–Kier alpha value is -4.46. The highest BCUT2D eigenvalue weighted by Gasteiger charge is 2.29. The van der Waals surface area contributed by atoms with E-state index in [1.807, 2.05) is 52.0 Å². The lowest BCUT2D eigenvalue weighted by molar-refractivity contribution is -0.137. The molecule has 4 N–H and O–H groups in total. The van der Waals surface area contributed by atoms with Crippen molar-refractivity contribution in [1.82, 2.24) is 15.3 Å². The summed E-state index contributed by atoms with van der Waals surface area (Å²) in [7, 11) is 0. The van der Waals surface area contributed by atoms with E-state index in [4.69, 9.17) is 0 Å². The number of rotatable bonds is 9. The van der Waals surface area contributed by atoms with E-state index in [1.54, 1.807) is 0 Å². The van der Waals surface area contributed by atoms with Crippen molar-refractivity contribution in [2.24, 2.45) is 10.9 Å². The maximum Gasteiger partial charge on any atom is 0.303 e. The minimum absolute atomic E-state index is 0.00905. The van der Waals surface area contributed by atoms with Crippen LogP contribution in [-0.4, -0.2) is 38.6 Å². The van der Waals surface area contributed by atoms with Crippen LogP contribution in [0.1, 0.15) is 74.2 Å². The minimum Gasteiger partial charge on any atom is -0.481 e. The molecule has 2 aromatic rings. The lowest BCUT2D eigenvalue weighted by atomic mass is 10.0. The number of carboxylic acids is 1. The van der Waals surface area contributed by atoms with Gasteiger partial charge in [0.2, 0.25) is 5.91 Å². The number of carbonyl (C=O) groups excluding carboxylic acids is 2. The van der Waals surface area contributed by atoms with Crippen LogP contribution in [0, 0.1) is 19.8 Å². The largest absolute Gasteiger partial charge is 0.481 e. The molecule has 214 valence electrons. The Morgan fingerprint density at radius 2 is 1.73 bits per heavy atom. The second kappa shape index (κ2) is 12.0. The third-order valence-electron chi connectivity index (χ3n) is 8.03. The molecule has 4 rings (SSSR count). The van der Waals surface area contributed by atoms with Gasteiger partial charge < -0.3 is 20.4 Å². The number of aromatic amines is 2. The molecule has 2 amide bonds. The molecule has 41 heavy (non-hydrogen) atoms. The van der Waals surface area contributed by atoms with Gasteiger partial charge in [-0.2, -0.15) is 0 Å². The number of hydrogen-bond acceptors (Lipinski definition) is 3. The lowest BCUT2D eigenvalue weighted by Gasteiger charge is -2.03. The maximum absolute atomic E-state index is 12.3. The first-order valence-corrected chi connectivity index (χ1v) is 14.0. The van der Waals surface area contributed by atoms with E-state index in [0.717, 1.165) is 68.5 Å². The Morgan fingerprint density at radius 1 is 1.00 bits per heavy atom. The van der Waals surface area contributed by atoms with Crippen LogP contribution >= 0.6 is 0 Å². The van der Waals surface area contributed by atoms with E-state index in [1.165, 1.54) is 11.6 Å². The van der Waals surface area contributed by atoms with E-state index < -0.39 is 5.97 Å². The molecule has 2 aliphatic heterocycles. The average molecular weight is 555 g/mol. The monoisotopic (exact) mass is 554 g/mol. The first kappa shape index (κ1) is 29.5. The van der Waals surface area contributed by atoms with Crippen molar-refractivity contribution in [3.63, 3.8) is 0 Å². The van der Waals surface area contributed by atoms with E-state index in [2.05, 4.69) is 40.7 Å². The molecule has 2 aromatic heterocycles. The van der Waals surface area contributed by atoms with Gasteiger partial charge in [-0.15, -0.1) is 0 Å². The van der Waals surface area contributed by atoms with Gasteiger partial charge in [-0.05, 0) is 99.1 Å². The molecule has 0 spiro atoms. The number of nitrogens with zero attached hydrogens (tertiary/aromatic N) is 1. The average Bonchev–Trinajstić information content (AvgIpc) is 3.56. The zero-order chi connectivity index (χ0) is 30.0. The van der Waals surface area contributed by atoms with Gasteiger partial charge in [0, 0.05) is 39.8 Å². The summed E-state index contributed by atoms with van der Waals surface area (Å²) in [6.07, 6.45) is 11.5. The van der Waals surface area contributed by atoms with Crippen LogP contribution in [0.25, 0.3) is 18.2 Å². The van der Waals surface area contributed by atoms with Gasteiger partial charge in [-0.1, -0.05) is 32.1 Å². The molecular weight excluding hydrogens is 516 g/mol. The number of aromatic nitrogens is 2. The molecular formula is C33H38N4O4. The summed E-state index contributed by atoms with van der Waals surface area (Å²) in [5.74, 6) is -1.39. The van der Waals surface area contributed by atoms with Crippen molar-refractivity contribution in [3.05, 3.63) is 85.5 Å². The molecule has 0 saturated carbocycles. The van der Waals surface area contributed by atoms with Gasteiger partial charge in [-0.3, -0.25) is 14.4 Å². The number of aliphatic imine (C=N–C) groups is 1. The predicted octanol–water partition coefficient (Wildman–Crippen LogP) is 4.08. The first-order valence-electron chi connectivity index (χ1n) is 14.0. The molecule has 1 unspecified atom stereocenters. The molecule has 0 aliphatic carbocycles. The molecule has 8 nitrogen and oxygen atoms in total. The zero-order valence-electron chi connectivity index (χ0n) is 24.6. The highest BCUT2D eigenvalue weighted by atomic mass is 16.4. The van der Waals surface area contributed by atoms with Gasteiger partial charge in [0.15, 0.2) is 0 Å². The topological polar surface area (TPSA) is 127 Å². The second-order valence-corrected chi connectivity index (χ2v) is 10.6. The number of amides is 2. The highest BCUT2D eigenvalue weighted by molar-refractivity contribution is 6.31. The summed E-state index contributed by atoms with van der Waals surface area (Å²) in [6.45, 7) is 15.6. The number of H-pyrrole nitrogens is 2. The number of nitrogens with one attached hydrogen (secondary N) is 3.